The number of methoxy groups -OCH3 is 1. The Morgan fingerprint density at radius 1 is 1.11 bits per heavy atom. The zero-order valence-electron chi connectivity index (χ0n) is 14.9. The molecule has 8 heteroatoms. The van der Waals surface area contributed by atoms with Crippen LogP contribution in [0.15, 0.2) is 46.9 Å². The molecule has 2 aromatic carbocycles. The summed E-state index contributed by atoms with van der Waals surface area (Å²) in [6.45, 7) is 2.10. The Labute approximate surface area is 165 Å². The number of carbonyl (C=O) groups is 2. The predicted octanol–water partition coefficient (Wildman–Crippen LogP) is 2.91. The number of benzene rings is 2. The quantitative estimate of drug-likeness (QED) is 0.621. The molecule has 0 aliphatic heterocycles. The van der Waals surface area contributed by atoms with E-state index in [1.807, 2.05) is 0 Å². The molecule has 0 fully saturated rings. The first-order valence-electron chi connectivity index (χ1n) is 8.22. The number of hydrogen-bond acceptors (Lipinski definition) is 4. The molecule has 0 aromatic heterocycles. The van der Waals surface area contributed by atoms with Crippen LogP contribution in [0.4, 0.5) is 4.39 Å². The lowest BCUT2D eigenvalue weighted by molar-refractivity contribution is -0.127. The Morgan fingerprint density at radius 2 is 1.78 bits per heavy atom. The number of amides is 2. The Hall–Kier alpha value is -2.61. The highest BCUT2D eigenvalue weighted by atomic mass is 79.9. The molecule has 2 amide bonds. The van der Waals surface area contributed by atoms with Gasteiger partial charge in [-0.05, 0) is 65.3 Å². The summed E-state index contributed by atoms with van der Waals surface area (Å²) in [5.41, 5.74) is 0.500. The van der Waals surface area contributed by atoms with Crippen molar-refractivity contribution in [1.82, 2.24) is 10.6 Å². The third-order valence-corrected chi connectivity index (χ3v) is 4.25. The van der Waals surface area contributed by atoms with Gasteiger partial charge in [-0.3, -0.25) is 9.59 Å². The van der Waals surface area contributed by atoms with Crippen LogP contribution < -0.4 is 20.1 Å². The summed E-state index contributed by atoms with van der Waals surface area (Å²) in [6.07, 6.45) is -0.774. The van der Waals surface area contributed by atoms with E-state index in [1.165, 1.54) is 18.2 Å². The first-order valence-corrected chi connectivity index (χ1v) is 9.01. The largest absolute Gasteiger partial charge is 0.497 e. The van der Waals surface area contributed by atoms with E-state index < -0.39 is 11.9 Å². The first-order chi connectivity index (χ1) is 12.9. The molecule has 0 aliphatic carbocycles. The van der Waals surface area contributed by atoms with Crippen LogP contribution in [-0.4, -0.2) is 38.1 Å². The fourth-order valence-electron chi connectivity index (χ4n) is 2.16. The monoisotopic (exact) mass is 438 g/mol. The van der Waals surface area contributed by atoms with Crippen LogP contribution in [-0.2, 0) is 4.79 Å². The van der Waals surface area contributed by atoms with Crippen LogP contribution in [0.3, 0.4) is 0 Å². The van der Waals surface area contributed by atoms with Gasteiger partial charge in [-0.1, -0.05) is 0 Å². The topological polar surface area (TPSA) is 76.7 Å². The van der Waals surface area contributed by atoms with Crippen molar-refractivity contribution in [3.63, 3.8) is 0 Å². The van der Waals surface area contributed by atoms with Crippen LogP contribution in [0.1, 0.15) is 17.3 Å². The Kier molecular flexibility index (Phi) is 7.60. The summed E-state index contributed by atoms with van der Waals surface area (Å²) in [5.74, 6) is 0.0442. The zero-order chi connectivity index (χ0) is 19.8. The molecule has 2 aromatic rings. The minimum Gasteiger partial charge on any atom is -0.497 e. The van der Waals surface area contributed by atoms with Crippen molar-refractivity contribution in [1.29, 1.82) is 0 Å². The van der Waals surface area contributed by atoms with Crippen LogP contribution in [0.5, 0.6) is 11.5 Å². The summed E-state index contributed by atoms with van der Waals surface area (Å²) in [7, 11) is 1.55. The van der Waals surface area contributed by atoms with E-state index >= 15 is 0 Å². The second-order valence-electron chi connectivity index (χ2n) is 5.61. The van der Waals surface area contributed by atoms with Gasteiger partial charge in [-0.2, -0.15) is 0 Å². The van der Waals surface area contributed by atoms with E-state index in [0.717, 1.165) is 0 Å². The number of carbonyl (C=O) groups excluding carboxylic acids is 2. The molecule has 0 saturated carbocycles. The van der Waals surface area contributed by atoms with E-state index in [-0.39, 0.29) is 24.9 Å². The highest BCUT2D eigenvalue weighted by molar-refractivity contribution is 9.10. The fraction of sp³-hybridized carbons (Fsp3) is 0.263. The first kappa shape index (κ1) is 20.7. The standard InChI is InChI=1S/C19H20BrFN2O4/c1-12(27-17-8-5-14(21)11-16(17)20)18(24)22-9-10-23-19(25)13-3-6-15(26-2)7-4-13/h3-8,11-12H,9-10H2,1-2H3,(H,22,24)(H,23,25). The summed E-state index contributed by atoms with van der Waals surface area (Å²) in [6, 6.07) is 10.7. The molecule has 1 unspecified atom stereocenters. The average Bonchev–Trinajstić information content (AvgIpc) is 2.67. The van der Waals surface area contributed by atoms with Crippen LogP contribution >= 0.6 is 15.9 Å². The van der Waals surface area contributed by atoms with Gasteiger partial charge in [0.1, 0.15) is 17.3 Å². The van der Waals surface area contributed by atoms with E-state index in [4.69, 9.17) is 9.47 Å². The molecule has 0 bridgehead atoms. The van der Waals surface area contributed by atoms with Crippen molar-refractivity contribution in [2.75, 3.05) is 20.2 Å². The Balaban J connectivity index is 1.73. The summed E-state index contributed by atoms with van der Waals surface area (Å²) < 4.78 is 24.0. The molecule has 0 saturated heterocycles. The van der Waals surface area contributed by atoms with Crippen molar-refractivity contribution in [3.05, 3.63) is 58.3 Å². The number of ether oxygens (including phenoxy) is 2. The second-order valence-corrected chi connectivity index (χ2v) is 6.46. The maximum atomic E-state index is 13.1. The molecule has 27 heavy (non-hydrogen) atoms. The molecule has 2 N–H and O–H groups in total. The van der Waals surface area contributed by atoms with Gasteiger partial charge in [0.15, 0.2) is 6.10 Å². The number of nitrogens with one attached hydrogen (secondary N) is 2. The highest BCUT2D eigenvalue weighted by Crippen LogP contribution is 2.26. The van der Waals surface area contributed by atoms with E-state index in [1.54, 1.807) is 38.3 Å². The molecular formula is C19H20BrFN2O4. The minimum atomic E-state index is -0.774. The normalized spacial score (nSPS) is 11.4. The van der Waals surface area contributed by atoms with Gasteiger partial charge >= 0.3 is 0 Å². The van der Waals surface area contributed by atoms with Gasteiger partial charge in [-0.15, -0.1) is 0 Å². The highest BCUT2D eigenvalue weighted by Gasteiger charge is 2.16. The van der Waals surface area contributed by atoms with Crippen LogP contribution in [0.2, 0.25) is 0 Å². The van der Waals surface area contributed by atoms with Gasteiger partial charge in [0.2, 0.25) is 0 Å². The van der Waals surface area contributed by atoms with Gasteiger partial charge < -0.3 is 20.1 Å². The number of rotatable bonds is 8. The molecule has 0 radical (unpaired) electrons. The van der Waals surface area contributed by atoms with E-state index in [2.05, 4.69) is 26.6 Å². The molecule has 6 nitrogen and oxygen atoms in total. The maximum absolute atomic E-state index is 13.1. The Morgan fingerprint density at radius 3 is 2.41 bits per heavy atom. The van der Waals surface area contributed by atoms with Gasteiger partial charge in [0, 0.05) is 18.7 Å². The van der Waals surface area contributed by atoms with Crippen molar-refractivity contribution in [2.45, 2.75) is 13.0 Å². The lowest BCUT2D eigenvalue weighted by Crippen LogP contribution is -2.40. The number of hydrogen-bond donors (Lipinski definition) is 2. The molecule has 1 atom stereocenters. The smallest absolute Gasteiger partial charge is 0.260 e. The van der Waals surface area contributed by atoms with E-state index in [0.29, 0.717) is 21.5 Å². The van der Waals surface area contributed by atoms with Crippen molar-refractivity contribution in [3.8, 4) is 11.5 Å². The van der Waals surface area contributed by atoms with Gasteiger partial charge in [-0.25, -0.2) is 4.39 Å². The molecular weight excluding hydrogens is 419 g/mol. The van der Waals surface area contributed by atoms with Crippen molar-refractivity contribution in [2.24, 2.45) is 0 Å². The van der Waals surface area contributed by atoms with Gasteiger partial charge in [0.25, 0.3) is 11.8 Å². The molecule has 0 heterocycles. The van der Waals surface area contributed by atoms with Gasteiger partial charge in [0.05, 0.1) is 11.6 Å². The van der Waals surface area contributed by atoms with Crippen LogP contribution in [0.25, 0.3) is 0 Å². The third-order valence-electron chi connectivity index (χ3n) is 3.63. The summed E-state index contributed by atoms with van der Waals surface area (Å²) >= 11 is 3.18. The molecule has 0 aliphatic rings. The molecule has 0 spiro atoms. The zero-order valence-corrected chi connectivity index (χ0v) is 16.5. The van der Waals surface area contributed by atoms with Crippen molar-refractivity contribution < 1.29 is 23.5 Å². The van der Waals surface area contributed by atoms with Crippen LogP contribution in [0, 0.1) is 5.82 Å². The molecule has 144 valence electrons. The predicted molar refractivity (Wildman–Crippen MR) is 103 cm³/mol. The maximum Gasteiger partial charge on any atom is 0.260 e. The lowest BCUT2D eigenvalue weighted by Gasteiger charge is -2.16. The van der Waals surface area contributed by atoms with E-state index in [9.17, 15) is 14.0 Å². The fourth-order valence-corrected chi connectivity index (χ4v) is 2.61. The SMILES string of the molecule is COc1ccc(C(=O)NCCNC(=O)C(C)Oc2ccc(F)cc2Br)cc1. The lowest BCUT2D eigenvalue weighted by atomic mass is 10.2. The summed E-state index contributed by atoms with van der Waals surface area (Å²) in [5, 5.41) is 5.38. The second kappa shape index (κ2) is 9.91. The minimum absolute atomic E-state index is 0.244. The van der Waals surface area contributed by atoms with Crippen molar-refractivity contribution >= 4 is 27.7 Å². The molecule has 2 rings (SSSR count). The summed E-state index contributed by atoms with van der Waals surface area (Å²) in [4.78, 5) is 24.1. The Bertz CT molecular complexity index is 799. The number of halogens is 2. The average molecular weight is 439 g/mol. The third kappa shape index (κ3) is 6.25.